The minimum absolute atomic E-state index is 0.0738. The van der Waals surface area contributed by atoms with E-state index in [9.17, 15) is 18.0 Å². The Morgan fingerprint density at radius 1 is 0.963 bits per heavy atom. The second kappa shape index (κ2) is 7.82. The van der Waals surface area contributed by atoms with E-state index in [-0.39, 0.29) is 5.56 Å². The van der Waals surface area contributed by atoms with Gasteiger partial charge in [-0.15, -0.1) is 0 Å². The molecule has 0 aliphatic carbocycles. The third kappa shape index (κ3) is 4.78. The Kier molecular flexibility index (Phi) is 5.30. The minimum Gasteiger partial charge on any atom is -0.322 e. The summed E-state index contributed by atoms with van der Waals surface area (Å²) in [5.41, 5.74) is 1.23. The Morgan fingerprint density at radius 3 is 2.44 bits per heavy atom. The van der Waals surface area contributed by atoms with Gasteiger partial charge in [0.2, 0.25) is 5.91 Å². The highest BCUT2D eigenvalue weighted by molar-refractivity contribution is 6.02. The van der Waals surface area contributed by atoms with Gasteiger partial charge >= 0.3 is 6.18 Å². The van der Waals surface area contributed by atoms with Crippen molar-refractivity contribution < 1.29 is 18.0 Å². The highest BCUT2D eigenvalue weighted by Crippen LogP contribution is 2.32. The van der Waals surface area contributed by atoms with Crippen molar-refractivity contribution in [2.24, 2.45) is 0 Å². The Balaban J connectivity index is 1.75. The lowest BCUT2D eigenvalue weighted by Gasteiger charge is -2.09. The molecule has 136 valence electrons. The SMILES string of the molecule is O=C(C=Cc1ccccc1C(F)(F)F)Nc1cccc(-c2cncnc2)c1. The van der Waals surface area contributed by atoms with Crippen molar-refractivity contribution in [2.45, 2.75) is 6.18 Å². The second-order valence-corrected chi connectivity index (χ2v) is 5.62. The Bertz CT molecular complexity index is 969. The molecule has 0 saturated heterocycles. The molecule has 3 aromatic rings. The third-order valence-electron chi connectivity index (χ3n) is 3.70. The zero-order chi connectivity index (χ0) is 19.3. The van der Waals surface area contributed by atoms with Crippen molar-refractivity contribution in [3.8, 4) is 11.1 Å². The van der Waals surface area contributed by atoms with E-state index >= 15 is 0 Å². The van der Waals surface area contributed by atoms with E-state index in [1.54, 1.807) is 30.6 Å². The van der Waals surface area contributed by atoms with Crippen LogP contribution in [0.5, 0.6) is 0 Å². The quantitative estimate of drug-likeness (QED) is 0.671. The summed E-state index contributed by atoms with van der Waals surface area (Å²) in [5, 5.41) is 2.63. The van der Waals surface area contributed by atoms with Gasteiger partial charge in [0.05, 0.1) is 5.56 Å². The van der Waals surface area contributed by atoms with E-state index < -0.39 is 17.6 Å². The molecule has 1 N–H and O–H groups in total. The molecule has 0 radical (unpaired) electrons. The second-order valence-electron chi connectivity index (χ2n) is 5.62. The largest absolute Gasteiger partial charge is 0.416 e. The lowest BCUT2D eigenvalue weighted by atomic mass is 10.1. The summed E-state index contributed by atoms with van der Waals surface area (Å²) < 4.78 is 38.9. The molecule has 0 unspecified atom stereocenters. The number of hydrogen-bond acceptors (Lipinski definition) is 3. The first-order chi connectivity index (χ1) is 12.9. The zero-order valence-corrected chi connectivity index (χ0v) is 13.9. The van der Waals surface area contributed by atoms with E-state index in [0.29, 0.717) is 5.69 Å². The highest BCUT2D eigenvalue weighted by Gasteiger charge is 2.32. The molecule has 0 aliphatic heterocycles. The topological polar surface area (TPSA) is 54.9 Å². The number of aromatic nitrogens is 2. The number of alkyl halides is 3. The molecular weight excluding hydrogens is 355 g/mol. The fourth-order valence-corrected chi connectivity index (χ4v) is 2.47. The van der Waals surface area contributed by atoms with E-state index in [0.717, 1.165) is 29.3 Å². The third-order valence-corrected chi connectivity index (χ3v) is 3.70. The van der Waals surface area contributed by atoms with Crippen LogP contribution in [-0.4, -0.2) is 15.9 Å². The highest BCUT2D eigenvalue weighted by atomic mass is 19.4. The molecule has 0 spiro atoms. The monoisotopic (exact) mass is 369 g/mol. The van der Waals surface area contributed by atoms with Gasteiger partial charge in [-0.3, -0.25) is 4.79 Å². The van der Waals surface area contributed by atoms with Crippen LogP contribution in [0.3, 0.4) is 0 Å². The van der Waals surface area contributed by atoms with Gasteiger partial charge in [-0.05, 0) is 35.4 Å². The number of nitrogens with one attached hydrogen (secondary N) is 1. The van der Waals surface area contributed by atoms with Crippen molar-refractivity contribution in [2.75, 3.05) is 5.32 Å². The number of carbonyl (C=O) groups is 1. The van der Waals surface area contributed by atoms with Crippen molar-refractivity contribution in [3.05, 3.63) is 84.5 Å². The van der Waals surface area contributed by atoms with Crippen LogP contribution in [0.4, 0.5) is 18.9 Å². The Hall–Kier alpha value is -3.48. The molecule has 0 fully saturated rings. The van der Waals surface area contributed by atoms with Crippen molar-refractivity contribution in [1.29, 1.82) is 0 Å². The van der Waals surface area contributed by atoms with Crippen LogP contribution in [0.1, 0.15) is 11.1 Å². The molecule has 2 aromatic carbocycles. The summed E-state index contributed by atoms with van der Waals surface area (Å²) in [6.45, 7) is 0. The molecule has 1 aromatic heterocycles. The zero-order valence-electron chi connectivity index (χ0n) is 13.9. The van der Waals surface area contributed by atoms with Crippen LogP contribution in [0.15, 0.2) is 73.3 Å². The number of halogens is 3. The van der Waals surface area contributed by atoms with Crippen LogP contribution >= 0.6 is 0 Å². The number of carbonyl (C=O) groups excluding carboxylic acids is 1. The number of benzene rings is 2. The molecule has 7 heteroatoms. The van der Waals surface area contributed by atoms with Gasteiger partial charge in [0, 0.05) is 29.7 Å². The fraction of sp³-hybridized carbons (Fsp3) is 0.0500. The number of amides is 1. The molecule has 0 saturated carbocycles. The standard InChI is InChI=1S/C20H14F3N3O/c21-20(22,23)18-7-2-1-4-14(18)8-9-19(27)26-17-6-3-5-15(10-17)16-11-24-13-25-12-16/h1-13H,(H,26,27). The van der Waals surface area contributed by atoms with Crippen LogP contribution in [0, 0.1) is 0 Å². The summed E-state index contributed by atoms with van der Waals surface area (Å²) in [7, 11) is 0. The number of anilines is 1. The first-order valence-electron chi connectivity index (χ1n) is 7.94. The lowest BCUT2D eigenvalue weighted by Crippen LogP contribution is -2.09. The average Bonchev–Trinajstić information content (AvgIpc) is 2.67. The lowest BCUT2D eigenvalue weighted by molar-refractivity contribution is -0.137. The van der Waals surface area contributed by atoms with Crippen LogP contribution in [-0.2, 0) is 11.0 Å². The predicted octanol–water partition coefficient (Wildman–Crippen LogP) is 4.81. The van der Waals surface area contributed by atoms with Crippen LogP contribution < -0.4 is 5.32 Å². The summed E-state index contributed by atoms with van der Waals surface area (Å²) in [5.74, 6) is -0.534. The van der Waals surface area contributed by atoms with E-state index in [4.69, 9.17) is 0 Å². The maximum Gasteiger partial charge on any atom is 0.416 e. The van der Waals surface area contributed by atoms with Crippen molar-refractivity contribution in [3.63, 3.8) is 0 Å². The smallest absolute Gasteiger partial charge is 0.322 e. The van der Waals surface area contributed by atoms with Gasteiger partial charge in [-0.1, -0.05) is 30.3 Å². The van der Waals surface area contributed by atoms with Crippen LogP contribution in [0.2, 0.25) is 0 Å². The first kappa shape index (κ1) is 18.3. The predicted molar refractivity (Wildman–Crippen MR) is 96.6 cm³/mol. The van der Waals surface area contributed by atoms with Gasteiger partial charge in [-0.2, -0.15) is 13.2 Å². The van der Waals surface area contributed by atoms with E-state index in [2.05, 4.69) is 15.3 Å². The molecule has 27 heavy (non-hydrogen) atoms. The summed E-state index contributed by atoms with van der Waals surface area (Å²) in [4.78, 5) is 20.0. The van der Waals surface area contributed by atoms with Gasteiger partial charge < -0.3 is 5.32 Å². The molecule has 0 aliphatic rings. The van der Waals surface area contributed by atoms with E-state index in [1.807, 2.05) is 6.07 Å². The molecule has 4 nitrogen and oxygen atoms in total. The Labute approximate surface area is 153 Å². The molecule has 0 bridgehead atoms. The van der Waals surface area contributed by atoms with Gasteiger partial charge in [0.1, 0.15) is 6.33 Å². The Morgan fingerprint density at radius 2 is 1.70 bits per heavy atom. The summed E-state index contributed by atoms with van der Waals surface area (Å²) in [6.07, 6.45) is 2.43. The maximum atomic E-state index is 13.0. The van der Waals surface area contributed by atoms with Crippen LogP contribution in [0.25, 0.3) is 17.2 Å². The molecule has 3 rings (SSSR count). The molecule has 1 amide bonds. The molecule has 0 atom stereocenters. The fourth-order valence-electron chi connectivity index (χ4n) is 2.47. The van der Waals surface area contributed by atoms with Gasteiger partial charge in [0.15, 0.2) is 0 Å². The average molecular weight is 369 g/mol. The molecular formula is C20H14F3N3O. The maximum absolute atomic E-state index is 13.0. The normalized spacial score (nSPS) is 11.5. The minimum atomic E-state index is -4.48. The first-order valence-corrected chi connectivity index (χ1v) is 7.94. The summed E-state index contributed by atoms with van der Waals surface area (Å²) >= 11 is 0. The number of hydrogen-bond donors (Lipinski definition) is 1. The van der Waals surface area contributed by atoms with Crippen molar-refractivity contribution in [1.82, 2.24) is 9.97 Å². The van der Waals surface area contributed by atoms with Crippen molar-refractivity contribution >= 4 is 17.7 Å². The summed E-state index contributed by atoms with van der Waals surface area (Å²) in [6, 6.07) is 12.1. The molecule has 1 heterocycles. The van der Waals surface area contributed by atoms with E-state index in [1.165, 1.54) is 24.5 Å². The van der Waals surface area contributed by atoms with Gasteiger partial charge in [-0.25, -0.2) is 9.97 Å². The number of rotatable bonds is 4. The van der Waals surface area contributed by atoms with Gasteiger partial charge in [0.25, 0.3) is 0 Å². The number of nitrogens with zero attached hydrogens (tertiary/aromatic N) is 2.